The van der Waals surface area contributed by atoms with Crippen LogP contribution < -0.4 is 14.8 Å². The molecule has 0 aliphatic carbocycles. The van der Waals surface area contributed by atoms with Gasteiger partial charge in [0.15, 0.2) is 0 Å². The number of hydrogen-bond acceptors (Lipinski definition) is 3. The lowest BCUT2D eigenvalue weighted by molar-refractivity contribution is 0.296. The van der Waals surface area contributed by atoms with Gasteiger partial charge in [-0.05, 0) is 79.9 Å². The van der Waals surface area contributed by atoms with E-state index in [2.05, 4.69) is 37.2 Å². The van der Waals surface area contributed by atoms with E-state index in [1.807, 2.05) is 36.4 Å². The van der Waals surface area contributed by atoms with Gasteiger partial charge in [0.05, 0.1) is 16.1 Å². The SMILES string of the molecule is COc1ccc(NCc2cc(Br)c(OCc3ccccc3F)c(Br)c2)cc1. The van der Waals surface area contributed by atoms with Gasteiger partial charge in [-0.15, -0.1) is 0 Å². The summed E-state index contributed by atoms with van der Waals surface area (Å²) < 4.78 is 26.3. The molecule has 0 fully saturated rings. The van der Waals surface area contributed by atoms with Crippen LogP contribution in [0.15, 0.2) is 69.6 Å². The van der Waals surface area contributed by atoms with Crippen molar-refractivity contribution in [3.63, 3.8) is 0 Å². The second-order valence-electron chi connectivity index (χ2n) is 5.85. The summed E-state index contributed by atoms with van der Waals surface area (Å²) in [4.78, 5) is 0. The molecule has 0 saturated carbocycles. The summed E-state index contributed by atoms with van der Waals surface area (Å²) in [5.74, 6) is 1.19. The molecule has 0 spiro atoms. The number of hydrogen-bond donors (Lipinski definition) is 1. The van der Waals surface area contributed by atoms with Crippen LogP contribution in [0.4, 0.5) is 10.1 Å². The zero-order chi connectivity index (χ0) is 19.2. The smallest absolute Gasteiger partial charge is 0.148 e. The lowest BCUT2D eigenvalue weighted by Gasteiger charge is -2.14. The Morgan fingerprint density at radius 3 is 2.26 bits per heavy atom. The predicted molar refractivity (Wildman–Crippen MR) is 113 cm³/mol. The van der Waals surface area contributed by atoms with Crippen LogP contribution in [0.2, 0.25) is 0 Å². The first kappa shape index (κ1) is 19.7. The average molecular weight is 495 g/mol. The predicted octanol–water partition coefficient (Wildman–Crippen LogP) is 6.55. The van der Waals surface area contributed by atoms with Crippen LogP contribution in [0.1, 0.15) is 11.1 Å². The molecule has 0 aliphatic rings. The molecule has 3 aromatic carbocycles. The first-order valence-electron chi connectivity index (χ1n) is 8.29. The molecule has 3 rings (SSSR count). The second kappa shape index (κ2) is 9.24. The van der Waals surface area contributed by atoms with Gasteiger partial charge in [-0.3, -0.25) is 0 Å². The molecule has 0 bridgehead atoms. The van der Waals surface area contributed by atoms with Gasteiger partial charge < -0.3 is 14.8 Å². The fraction of sp³-hybridized carbons (Fsp3) is 0.143. The van der Waals surface area contributed by atoms with Crippen molar-refractivity contribution in [2.24, 2.45) is 0 Å². The highest BCUT2D eigenvalue weighted by atomic mass is 79.9. The first-order valence-corrected chi connectivity index (χ1v) is 9.87. The summed E-state index contributed by atoms with van der Waals surface area (Å²) >= 11 is 7.08. The second-order valence-corrected chi connectivity index (χ2v) is 7.56. The lowest BCUT2D eigenvalue weighted by Crippen LogP contribution is -2.02. The minimum absolute atomic E-state index is 0.160. The molecule has 6 heteroatoms. The number of ether oxygens (including phenoxy) is 2. The fourth-order valence-corrected chi connectivity index (χ4v) is 4.04. The van der Waals surface area contributed by atoms with Crippen LogP contribution in [0.5, 0.6) is 11.5 Å². The van der Waals surface area contributed by atoms with Gasteiger partial charge in [0.2, 0.25) is 0 Å². The quantitative estimate of drug-likeness (QED) is 0.404. The van der Waals surface area contributed by atoms with Crippen LogP contribution in [-0.4, -0.2) is 7.11 Å². The minimum atomic E-state index is -0.273. The summed E-state index contributed by atoms with van der Waals surface area (Å²) in [6.07, 6.45) is 0. The molecule has 0 aliphatic heterocycles. The number of anilines is 1. The van der Waals surface area contributed by atoms with E-state index in [9.17, 15) is 4.39 Å². The normalized spacial score (nSPS) is 10.5. The van der Waals surface area contributed by atoms with Gasteiger partial charge in [0, 0.05) is 17.8 Å². The molecule has 0 unspecified atom stereocenters. The maximum atomic E-state index is 13.7. The van der Waals surface area contributed by atoms with E-state index < -0.39 is 0 Å². The Balaban J connectivity index is 1.66. The van der Waals surface area contributed by atoms with Crippen molar-refractivity contribution >= 4 is 37.5 Å². The zero-order valence-corrected chi connectivity index (χ0v) is 17.8. The van der Waals surface area contributed by atoms with E-state index in [0.29, 0.717) is 17.9 Å². The first-order chi connectivity index (χ1) is 13.1. The monoisotopic (exact) mass is 493 g/mol. The summed E-state index contributed by atoms with van der Waals surface area (Å²) in [6.45, 7) is 0.810. The summed E-state index contributed by atoms with van der Waals surface area (Å²) in [6, 6.07) is 18.3. The Morgan fingerprint density at radius 1 is 0.963 bits per heavy atom. The molecule has 0 saturated heterocycles. The Kier molecular flexibility index (Phi) is 6.74. The number of methoxy groups -OCH3 is 1. The molecule has 1 N–H and O–H groups in total. The highest BCUT2D eigenvalue weighted by Crippen LogP contribution is 2.35. The van der Waals surface area contributed by atoms with Crippen molar-refractivity contribution in [1.82, 2.24) is 0 Å². The Morgan fingerprint density at radius 2 is 1.63 bits per heavy atom. The van der Waals surface area contributed by atoms with Gasteiger partial charge in [-0.25, -0.2) is 4.39 Å². The number of nitrogens with one attached hydrogen (secondary N) is 1. The Bertz CT molecular complexity index is 893. The lowest BCUT2D eigenvalue weighted by atomic mass is 10.2. The van der Waals surface area contributed by atoms with Crippen molar-refractivity contribution in [3.8, 4) is 11.5 Å². The van der Waals surface area contributed by atoms with Crippen molar-refractivity contribution < 1.29 is 13.9 Å². The molecule has 0 radical (unpaired) electrons. The third-order valence-corrected chi connectivity index (χ3v) is 5.15. The molecule has 3 nitrogen and oxygen atoms in total. The summed E-state index contributed by atoms with van der Waals surface area (Å²) in [5.41, 5.74) is 2.59. The molecular formula is C21H18Br2FNO2. The Labute approximate surface area is 174 Å². The average Bonchev–Trinajstić information content (AvgIpc) is 2.67. The van der Waals surface area contributed by atoms with Crippen molar-refractivity contribution in [3.05, 3.63) is 86.6 Å². The maximum Gasteiger partial charge on any atom is 0.148 e. The van der Waals surface area contributed by atoms with E-state index in [0.717, 1.165) is 25.9 Å². The van der Waals surface area contributed by atoms with Crippen LogP contribution in [0, 0.1) is 5.82 Å². The van der Waals surface area contributed by atoms with E-state index in [1.165, 1.54) is 6.07 Å². The van der Waals surface area contributed by atoms with Crippen LogP contribution in [-0.2, 0) is 13.2 Å². The van der Waals surface area contributed by atoms with E-state index in [4.69, 9.17) is 9.47 Å². The molecule has 0 amide bonds. The van der Waals surface area contributed by atoms with Gasteiger partial charge in [-0.1, -0.05) is 18.2 Å². The van der Waals surface area contributed by atoms with Crippen LogP contribution >= 0.6 is 31.9 Å². The molecule has 3 aromatic rings. The fourth-order valence-electron chi connectivity index (χ4n) is 2.53. The maximum absolute atomic E-state index is 13.7. The van der Waals surface area contributed by atoms with Gasteiger partial charge >= 0.3 is 0 Å². The molecule has 27 heavy (non-hydrogen) atoms. The molecule has 0 atom stereocenters. The highest BCUT2D eigenvalue weighted by molar-refractivity contribution is 9.11. The highest BCUT2D eigenvalue weighted by Gasteiger charge is 2.11. The molecule has 0 heterocycles. The van der Waals surface area contributed by atoms with Crippen molar-refractivity contribution in [1.29, 1.82) is 0 Å². The van der Waals surface area contributed by atoms with E-state index >= 15 is 0 Å². The third kappa shape index (κ3) is 5.23. The minimum Gasteiger partial charge on any atom is -0.497 e. The number of benzene rings is 3. The van der Waals surface area contributed by atoms with Crippen LogP contribution in [0.25, 0.3) is 0 Å². The van der Waals surface area contributed by atoms with Crippen molar-refractivity contribution in [2.45, 2.75) is 13.2 Å². The molecular weight excluding hydrogens is 477 g/mol. The Hall–Kier alpha value is -2.05. The number of rotatable bonds is 7. The largest absolute Gasteiger partial charge is 0.497 e. The van der Waals surface area contributed by atoms with Gasteiger partial charge in [-0.2, -0.15) is 0 Å². The van der Waals surface area contributed by atoms with Gasteiger partial charge in [0.1, 0.15) is 23.9 Å². The number of halogens is 3. The van der Waals surface area contributed by atoms with E-state index in [1.54, 1.807) is 25.3 Å². The third-order valence-electron chi connectivity index (χ3n) is 3.97. The summed E-state index contributed by atoms with van der Waals surface area (Å²) in [5, 5.41) is 3.36. The zero-order valence-electron chi connectivity index (χ0n) is 14.6. The summed E-state index contributed by atoms with van der Waals surface area (Å²) in [7, 11) is 1.65. The molecule has 140 valence electrons. The van der Waals surface area contributed by atoms with Crippen LogP contribution in [0.3, 0.4) is 0 Å². The van der Waals surface area contributed by atoms with E-state index in [-0.39, 0.29) is 12.4 Å². The van der Waals surface area contributed by atoms with Gasteiger partial charge in [0.25, 0.3) is 0 Å². The molecule has 0 aromatic heterocycles. The van der Waals surface area contributed by atoms with Crippen molar-refractivity contribution in [2.75, 3.05) is 12.4 Å². The standard InChI is InChI=1S/C21H18Br2FNO2/c1-26-17-8-6-16(7-9-17)25-12-14-10-18(22)21(19(23)11-14)27-13-15-4-2-3-5-20(15)24/h2-11,25H,12-13H2,1H3. The topological polar surface area (TPSA) is 30.5 Å².